The van der Waals surface area contributed by atoms with Crippen molar-refractivity contribution < 1.29 is 33.8 Å². The Morgan fingerprint density at radius 1 is 1.06 bits per heavy atom. The number of hydrogen-bond donors (Lipinski definition) is 1. The summed E-state index contributed by atoms with van der Waals surface area (Å²) in [7, 11) is 1.68. The summed E-state index contributed by atoms with van der Waals surface area (Å²) in [4.78, 5) is 63.7. The summed E-state index contributed by atoms with van der Waals surface area (Å²) < 4.78 is 13.1. The standard InChI is InChI=1S/C41H53BrN4O7/c1-8-12-18-32(48)43(7)27(6)35(28-16-14-13-15-17-28)52-40(51)33-34-38(49)46(26(5)25-47)37(41(34)24-31(42)36(33)53-41)39(50)45(23-9-2)30-21-19-29(20-22-30)44(10-3)11-4/h8-9,13-17,19-22,26-27,31,33-37,47H,1-2,10-12,18,23-25H2,3-7H3/t26-,27-,31?,33-,34+,35+,36-,37-,41+/m1/s1. The van der Waals surface area contributed by atoms with Crippen LogP contribution >= 0.6 is 15.9 Å². The number of nitrogens with zero attached hydrogens (tertiary/aromatic N) is 4. The highest BCUT2D eigenvalue weighted by molar-refractivity contribution is 9.09. The van der Waals surface area contributed by atoms with Crippen molar-refractivity contribution in [3.63, 3.8) is 0 Å². The number of likely N-dealkylation sites (tertiary alicyclic amines) is 1. The third-order valence-corrected chi connectivity index (χ3v) is 12.1. The number of rotatable bonds is 17. The molecule has 5 rings (SSSR count). The number of benzene rings is 2. The van der Waals surface area contributed by atoms with Gasteiger partial charge in [-0.25, -0.2) is 0 Å². The van der Waals surface area contributed by atoms with Crippen LogP contribution in [0.4, 0.5) is 11.4 Å². The lowest BCUT2D eigenvalue weighted by atomic mass is 9.70. The van der Waals surface area contributed by atoms with Gasteiger partial charge in [-0.1, -0.05) is 58.4 Å². The molecule has 3 fully saturated rings. The van der Waals surface area contributed by atoms with E-state index in [2.05, 4.69) is 47.8 Å². The summed E-state index contributed by atoms with van der Waals surface area (Å²) in [6.07, 6.45) is 2.79. The summed E-state index contributed by atoms with van der Waals surface area (Å²) in [5.41, 5.74) is 0.970. The van der Waals surface area contributed by atoms with Crippen molar-refractivity contribution in [3.8, 4) is 0 Å². The lowest BCUT2D eigenvalue weighted by molar-refractivity contribution is -0.165. The van der Waals surface area contributed by atoms with Crippen LogP contribution in [-0.4, -0.2) is 107 Å². The Morgan fingerprint density at radius 2 is 1.70 bits per heavy atom. The molecule has 11 nitrogen and oxygen atoms in total. The largest absolute Gasteiger partial charge is 0.455 e. The highest BCUT2D eigenvalue weighted by Gasteiger charge is 2.77. The maximum atomic E-state index is 15.0. The summed E-state index contributed by atoms with van der Waals surface area (Å²) >= 11 is 3.74. The van der Waals surface area contributed by atoms with E-state index >= 15 is 0 Å². The van der Waals surface area contributed by atoms with Crippen molar-refractivity contribution in [1.82, 2.24) is 9.80 Å². The number of hydrogen-bond acceptors (Lipinski definition) is 8. The van der Waals surface area contributed by atoms with Crippen molar-refractivity contribution in [1.29, 1.82) is 0 Å². The summed E-state index contributed by atoms with van der Waals surface area (Å²) in [6.45, 7) is 16.7. The minimum absolute atomic E-state index is 0.121. The molecule has 3 heterocycles. The Kier molecular flexibility index (Phi) is 12.9. The van der Waals surface area contributed by atoms with E-state index in [0.29, 0.717) is 24.1 Å². The lowest BCUT2D eigenvalue weighted by Gasteiger charge is -2.38. The number of fused-ring (bicyclic) bond motifs is 1. The number of esters is 1. The molecule has 2 aromatic carbocycles. The number of aliphatic hydroxyl groups excluding tert-OH is 1. The normalized spacial score (nSPS) is 26.0. The quantitative estimate of drug-likeness (QED) is 0.131. The molecule has 12 heteroatoms. The number of halogens is 1. The van der Waals surface area contributed by atoms with Crippen molar-refractivity contribution >= 4 is 51.0 Å². The van der Waals surface area contributed by atoms with E-state index in [4.69, 9.17) is 9.47 Å². The van der Waals surface area contributed by atoms with Crippen LogP contribution in [0.3, 0.4) is 0 Å². The molecule has 3 saturated heterocycles. The molecule has 0 radical (unpaired) electrons. The number of carbonyl (C=O) groups excluding carboxylic acids is 4. The second-order valence-corrected chi connectivity index (χ2v) is 15.4. The zero-order valence-electron chi connectivity index (χ0n) is 31.4. The molecule has 3 aliphatic heterocycles. The van der Waals surface area contributed by atoms with Gasteiger partial charge >= 0.3 is 5.97 Å². The Bertz CT molecular complexity index is 1650. The van der Waals surface area contributed by atoms with E-state index in [1.807, 2.05) is 61.5 Å². The molecular weight excluding hydrogens is 740 g/mol. The molecule has 1 spiro atoms. The van der Waals surface area contributed by atoms with Crippen molar-refractivity contribution in [2.75, 3.05) is 43.1 Å². The molecule has 2 aromatic rings. The van der Waals surface area contributed by atoms with Gasteiger partial charge in [-0.3, -0.25) is 19.2 Å². The Hall–Kier alpha value is -4.00. The zero-order valence-corrected chi connectivity index (χ0v) is 33.0. The third-order valence-electron chi connectivity index (χ3n) is 11.2. The van der Waals surface area contributed by atoms with Crippen LogP contribution in [0.15, 0.2) is 79.9 Å². The molecule has 2 bridgehead atoms. The van der Waals surface area contributed by atoms with Crippen molar-refractivity contribution in [2.45, 2.75) is 87.7 Å². The van der Waals surface area contributed by atoms with Gasteiger partial charge in [-0.05, 0) is 70.4 Å². The topological polar surface area (TPSA) is 120 Å². The van der Waals surface area contributed by atoms with Crippen molar-refractivity contribution in [3.05, 3.63) is 85.5 Å². The van der Waals surface area contributed by atoms with E-state index in [1.54, 1.807) is 35.9 Å². The highest BCUT2D eigenvalue weighted by atomic mass is 79.9. The van der Waals surface area contributed by atoms with Gasteiger partial charge in [0.2, 0.25) is 11.8 Å². The molecule has 1 N–H and O–H groups in total. The minimum atomic E-state index is -1.37. The lowest BCUT2D eigenvalue weighted by Crippen LogP contribution is -2.58. The average Bonchev–Trinajstić information content (AvgIpc) is 3.78. The molecule has 0 saturated carbocycles. The minimum Gasteiger partial charge on any atom is -0.455 e. The summed E-state index contributed by atoms with van der Waals surface area (Å²) in [5.74, 6) is -3.68. The van der Waals surface area contributed by atoms with Crippen LogP contribution in [0, 0.1) is 11.8 Å². The number of alkyl halides is 1. The molecule has 53 heavy (non-hydrogen) atoms. The van der Waals surface area contributed by atoms with Gasteiger partial charge in [0.1, 0.15) is 17.7 Å². The zero-order chi connectivity index (χ0) is 38.6. The van der Waals surface area contributed by atoms with E-state index in [9.17, 15) is 24.3 Å². The van der Waals surface area contributed by atoms with Crippen LogP contribution in [-0.2, 0) is 28.7 Å². The van der Waals surface area contributed by atoms with Crippen LogP contribution in [0.1, 0.15) is 58.6 Å². The highest BCUT2D eigenvalue weighted by Crippen LogP contribution is 2.61. The van der Waals surface area contributed by atoms with E-state index < -0.39 is 66.3 Å². The van der Waals surface area contributed by atoms with E-state index in [-0.39, 0.29) is 29.6 Å². The van der Waals surface area contributed by atoms with Gasteiger partial charge in [0.15, 0.2) is 0 Å². The number of aliphatic hydroxyl groups is 1. The predicted molar refractivity (Wildman–Crippen MR) is 209 cm³/mol. The maximum absolute atomic E-state index is 15.0. The Morgan fingerprint density at radius 3 is 2.28 bits per heavy atom. The molecule has 1 unspecified atom stereocenters. The number of ether oxygens (including phenoxy) is 2. The van der Waals surface area contributed by atoms with Gasteiger partial charge in [0.25, 0.3) is 5.91 Å². The number of allylic oxidation sites excluding steroid dienone is 1. The number of amides is 3. The molecule has 0 aromatic heterocycles. The number of carbonyl (C=O) groups is 4. The summed E-state index contributed by atoms with van der Waals surface area (Å²) in [6, 6.07) is 14.5. The van der Waals surface area contributed by atoms with E-state index in [0.717, 1.165) is 18.8 Å². The van der Waals surface area contributed by atoms with Crippen molar-refractivity contribution in [2.24, 2.45) is 11.8 Å². The van der Waals surface area contributed by atoms with Gasteiger partial charge in [0, 0.05) is 49.3 Å². The summed E-state index contributed by atoms with van der Waals surface area (Å²) in [5, 5.41) is 10.4. The Balaban J connectivity index is 1.51. The SMILES string of the molecule is C=CCCC(=O)N(C)[C@H](C)[C@H](OC(=O)[C@H]1[C@@H]2O[C@@]3(CC2Br)[C@@H]1C(=O)N([C@H](C)CO)[C@@H]3C(=O)N(CC=C)c1ccc(N(CC)CC)cc1)c1ccccc1. The third kappa shape index (κ3) is 7.42. The molecular formula is C41H53BrN4O7. The maximum Gasteiger partial charge on any atom is 0.313 e. The monoisotopic (exact) mass is 792 g/mol. The number of likely N-dealkylation sites (N-methyl/N-ethyl adjacent to an activating group) is 1. The van der Waals surface area contributed by atoms with Gasteiger partial charge < -0.3 is 34.2 Å². The van der Waals surface area contributed by atoms with Crippen LogP contribution in [0.5, 0.6) is 0 Å². The first kappa shape index (κ1) is 40.2. The molecule has 286 valence electrons. The smallest absolute Gasteiger partial charge is 0.313 e. The molecule has 3 aliphatic rings. The number of anilines is 2. The fraction of sp³-hybridized carbons (Fsp3) is 0.512. The first-order chi connectivity index (χ1) is 25.4. The van der Waals surface area contributed by atoms with Gasteiger partial charge in [-0.15, -0.1) is 13.2 Å². The first-order valence-electron chi connectivity index (χ1n) is 18.5. The molecule has 0 aliphatic carbocycles. The van der Waals surface area contributed by atoms with E-state index in [1.165, 1.54) is 4.90 Å². The molecule has 9 atom stereocenters. The van der Waals surface area contributed by atoms with Crippen LogP contribution in [0.2, 0.25) is 0 Å². The van der Waals surface area contributed by atoms with Crippen LogP contribution in [0.25, 0.3) is 0 Å². The van der Waals surface area contributed by atoms with Crippen LogP contribution < -0.4 is 9.80 Å². The second kappa shape index (κ2) is 17.0. The fourth-order valence-electron chi connectivity index (χ4n) is 8.33. The first-order valence-corrected chi connectivity index (χ1v) is 19.5. The second-order valence-electron chi connectivity index (χ2n) is 14.2. The average molecular weight is 794 g/mol. The van der Waals surface area contributed by atoms with Gasteiger partial charge in [0.05, 0.1) is 36.6 Å². The van der Waals surface area contributed by atoms with Gasteiger partial charge in [-0.2, -0.15) is 0 Å². The Labute approximate surface area is 321 Å². The fourth-order valence-corrected chi connectivity index (χ4v) is 9.28. The predicted octanol–water partition coefficient (Wildman–Crippen LogP) is 5.28. The molecule has 3 amide bonds.